The highest BCUT2D eigenvalue weighted by Gasteiger charge is 2.49. The van der Waals surface area contributed by atoms with Gasteiger partial charge in [0.1, 0.15) is 0 Å². The summed E-state index contributed by atoms with van der Waals surface area (Å²) in [5.41, 5.74) is 14.6. The smallest absolute Gasteiger partial charge is 0.0505 e. The van der Waals surface area contributed by atoms with Crippen molar-refractivity contribution in [1.29, 1.82) is 0 Å². The quantitative estimate of drug-likeness (QED) is 0.163. The van der Waals surface area contributed by atoms with Crippen LogP contribution in [0.4, 0.5) is 34.1 Å². The number of fused-ring (bicyclic) bond motifs is 7. The molecule has 0 saturated carbocycles. The summed E-state index contributed by atoms with van der Waals surface area (Å²) < 4.78 is 2.71. The lowest BCUT2D eigenvalue weighted by molar-refractivity contribution is 0.508. The van der Waals surface area contributed by atoms with Gasteiger partial charge in [0.05, 0.1) is 11.4 Å². The zero-order chi connectivity index (χ0) is 35.5. The fraction of sp³-hybridized carbons (Fsp3) is 0.160. The Morgan fingerprint density at radius 1 is 0.491 bits per heavy atom. The maximum absolute atomic E-state index is 2.56. The van der Waals surface area contributed by atoms with Crippen molar-refractivity contribution in [2.45, 2.75) is 50.9 Å². The highest BCUT2D eigenvalue weighted by atomic mass is 32.1. The Kier molecular flexibility index (Phi) is 7.73. The van der Waals surface area contributed by atoms with Crippen molar-refractivity contribution in [2.24, 2.45) is 0 Å². The van der Waals surface area contributed by atoms with Gasteiger partial charge in [0.2, 0.25) is 0 Å². The van der Waals surface area contributed by atoms with Crippen molar-refractivity contribution in [1.82, 2.24) is 0 Å². The average Bonchev–Trinajstić information content (AvgIpc) is 3.90. The molecule has 2 aliphatic rings. The lowest BCUT2D eigenvalue weighted by Gasteiger charge is -2.37. The number of para-hydroxylation sites is 3. The Bertz CT molecular complexity index is 2560. The van der Waals surface area contributed by atoms with E-state index in [9.17, 15) is 0 Å². The molecule has 0 amide bonds. The molecule has 3 heteroatoms. The molecule has 0 fully saturated rings. The summed E-state index contributed by atoms with van der Waals surface area (Å²) in [4.78, 5) is 5.04. The average molecular weight is 703 g/mol. The second-order valence-electron chi connectivity index (χ2n) is 15.0. The highest BCUT2D eigenvalue weighted by molar-refractivity contribution is 7.25. The van der Waals surface area contributed by atoms with Gasteiger partial charge in [-0.15, -0.1) is 11.3 Å². The first-order valence-corrected chi connectivity index (χ1v) is 19.9. The second kappa shape index (κ2) is 12.8. The summed E-state index contributed by atoms with van der Waals surface area (Å²) >= 11 is 1.91. The molecule has 2 nitrogen and oxygen atoms in total. The molecule has 0 saturated heterocycles. The predicted octanol–water partition coefficient (Wildman–Crippen LogP) is 14.3. The van der Waals surface area contributed by atoms with Crippen molar-refractivity contribution in [2.75, 3.05) is 9.80 Å². The molecule has 1 heterocycles. The monoisotopic (exact) mass is 702 g/mol. The van der Waals surface area contributed by atoms with Gasteiger partial charge < -0.3 is 9.80 Å². The highest BCUT2D eigenvalue weighted by Crippen LogP contribution is 2.60. The number of anilines is 6. The van der Waals surface area contributed by atoms with E-state index >= 15 is 0 Å². The Balaban J connectivity index is 1.21. The van der Waals surface area contributed by atoms with Crippen LogP contribution in [0, 0.1) is 0 Å². The largest absolute Gasteiger partial charge is 0.310 e. The first-order valence-electron chi connectivity index (χ1n) is 19.1. The molecule has 7 aromatic carbocycles. The van der Waals surface area contributed by atoms with Crippen LogP contribution in [0.25, 0.3) is 20.2 Å². The molecule has 1 atom stereocenters. The maximum atomic E-state index is 2.56. The normalized spacial score (nSPS) is 16.1. The van der Waals surface area contributed by atoms with Gasteiger partial charge in [-0.05, 0) is 132 Å². The Hall–Kier alpha value is -5.64. The van der Waals surface area contributed by atoms with Crippen LogP contribution < -0.4 is 9.80 Å². The lowest BCUT2D eigenvalue weighted by Crippen LogP contribution is -2.27. The Morgan fingerprint density at radius 3 is 1.53 bits per heavy atom. The van der Waals surface area contributed by atoms with Gasteiger partial charge in [-0.25, -0.2) is 0 Å². The third kappa shape index (κ3) is 5.13. The van der Waals surface area contributed by atoms with Crippen LogP contribution in [0.3, 0.4) is 0 Å². The molecule has 0 bridgehead atoms. The minimum Gasteiger partial charge on any atom is -0.310 e. The molecule has 1 spiro atoms. The minimum absolute atomic E-state index is 0.114. The molecule has 53 heavy (non-hydrogen) atoms. The van der Waals surface area contributed by atoms with Crippen LogP contribution in [0.2, 0.25) is 0 Å². The molecule has 0 radical (unpaired) electrons. The van der Waals surface area contributed by atoms with Gasteiger partial charge in [-0.3, -0.25) is 0 Å². The van der Waals surface area contributed by atoms with Crippen LogP contribution in [-0.2, 0) is 18.3 Å². The number of benzene rings is 7. The predicted molar refractivity (Wildman–Crippen MR) is 227 cm³/mol. The standard InChI is InChI=1S/C50H42N2S/c1-34(2)41-23-14-26-46-47(41)42-33-40(27-28-45(42)53-46)52(39-21-10-5-11-22-39)44-25-13-16-36-30-32-50(49(36)44)31-29-35-15-12-24-43(48(35)50)51(37-17-6-3-7-18-37)38-19-8-4-9-20-38/h3-28,33-34H,29-32H2,1-2H3/t50-/m1/s1. The third-order valence-electron chi connectivity index (χ3n) is 11.8. The SMILES string of the molecule is CC(C)c1cccc2sc3ccc(N(c4ccccc4)c4cccc5c4[C@]4(CCc6cccc(N(c7ccccc7)c7ccccc7)c64)CC5)cc3c12. The third-order valence-corrected chi connectivity index (χ3v) is 12.9. The topological polar surface area (TPSA) is 6.48 Å². The Morgan fingerprint density at radius 2 is 1.00 bits per heavy atom. The molecule has 0 N–H and O–H groups in total. The van der Waals surface area contributed by atoms with E-state index in [2.05, 4.69) is 187 Å². The molecule has 0 unspecified atom stereocenters. The molecule has 10 rings (SSSR count). The maximum Gasteiger partial charge on any atom is 0.0505 e. The summed E-state index contributed by atoms with van der Waals surface area (Å²) in [6.07, 6.45) is 4.36. The number of rotatable bonds is 7. The fourth-order valence-corrected chi connectivity index (χ4v) is 10.7. The number of hydrogen-bond donors (Lipinski definition) is 0. The molecule has 1 aromatic heterocycles. The summed E-state index contributed by atoms with van der Waals surface area (Å²) in [7, 11) is 0. The van der Waals surface area contributed by atoms with Gasteiger partial charge in [-0.1, -0.05) is 105 Å². The molecule has 8 aromatic rings. The van der Waals surface area contributed by atoms with Gasteiger partial charge in [0, 0.05) is 48.3 Å². The van der Waals surface area contributed by atoms with Gasteiger partial charge in [0.25, 0.3) is 0 Å². The molecule has 0 aliphatic heterocycles. The van der Waals surface area contributed by atoms with Crippen LogP contribution >= 0.6 is 11.3 Å². The number of aryl methyl sites for hydroxylation is 2. The van der Waals surface area contributed by atoms with Crippen LogP contribution in [-0.4, -0.2) is 0 Å². The molecule has 2 aliphatic carbocycles. The minimum atomic E-state index is -0.114. The van der Waals surface area contributed by atoms with Gasteiger partial charge in [0.15, 0.2) is 0 Å². The number of nitrogens with zero attached hydrogens (tertiary/aromatic N) is 2. The van der Waals surface area contributed by atoms with E-state index in [0.29, 0.717) is 5.92 Å². The van der Waals surface area contributed by atoms with Crippen molar-refractivity contribution in [3.05, 3.63) is 192 Å². The van der Waals surface area contributed by atoms with Crippen LogP contribution in [0.15, 0.2) is 164 Å². The Labute approximate surface area is 316 Å². The zero-order valence-electron chi connectivity index (χ0n) is 30.3. The van der Waals surface area contributed by atoms with E-state index < -0.39 is 0 Å². The van der Waals surface area contributed by atoms with E-state index in [1.54, 1.807) is 0 Å². The van der Waals surface area contributed by atoms with E-state index in [0.717, 1.165) is 25.7 Å². The second-order valence-corrected chi connectivity index (χ2v) is 16.1. The lowest BCUT2D eigenvalue weighted by atomic mass is 9.74. The van der Waals surface area contributed by atoms with E-state index in [-0.39, 0.29) is 5.41 Å². The summed E-state index contributed by atoms with van der Waals surface area (Å²) in [5.74, 6) is 0.450. The van der Waals surface area contributed by atoms with Crippen molar-refractivity contribution in [3.63, 3.8) is 0 Å². The van der Waals surface area contributed by atoms with Gasteiger partial charge in [-0.2, -0.15) is 0 Å². The first-order chi connectivity index (χ1) is 26.1. The first kappa shape index (κ1) is 32.0. The van der Waals surface area contributed by atoms with Crippen LogP contribution in [0.5, 0.6) is 0 Å². The van der Waals surface area contributed by atoms with E-state index in [4.69, 9.17) is 0 Å². The fourth-order valence-electron chi connectivity index (χ4n) is 9.56. The molecular weight excluding hydrogens is 661 g/mol. The van der Waals surface area contributed by atoms with E-state index in [1.807, 2.05) is 11.3 Å². The van der Waals surface area contributed by atoms with Crippen LogP contribution in [0.1, 0.15) is 60.4 Å². The van der Waals surface area contributed by atoms with Crippen molar-refractivity contribution < 1.29 is 0 Å². The zero-order valence-corrected chi connectivity index (χ0v) is 31.1. The molecular formula is C50H42N2S. The number of thiophene rings is 1. The number of hydrogen-bond acceptors (Lipinski definition) is 3. The molecule has 258 valence electrons. The summed E-state index contributed by atoms with van der Waals surface area (Å²) in [6.45, 7) is 4.63. The van der Waals surface area contributed by atoms with Gasteiger partial charge >= 0.3 is 0 Å². The van der Waals surface area contributed by atoms with Crippen molar-refractivity contribution in [3.8, 4) is 0 Å². The van der Waals surface area contributed by atoms with E-state index in [1.165, 1.54) is 82.1 Å². The summed E-state index contributed by atoms with van der Waals surface area (Å²) in [5, 5.41) is 2.76. The summed E-state index contributed by atoms with van der Waals surface area (Å²) in [6, 6.07) is 61.0. The van der Waals surface area contributed by atoms with Crippen molar-refractivity contribution >= 4 is 65.6 Å².